The summed E-state index contributed by atoms with van der Waals surface area (Å²) in [5.41, 5.74) is -1.82. The van der Waals surface area contributed by atoms with Crippen LogP contribution in [0.15, 0.2) is 35.2 Å². The van der Waals surface area contributed by atoms with Crippen molar-refractivity contribution in [3.05, 3.63) is 58.4 Å². The molecule has 0 saturated heterocycles. The van der Waals surface area contributed by atoms with Gasteiger partial charge in [0.15, 0.2) is 27.3 Å². The number of amides is 2. The third kappa shape index (κ3) is 5.07. The van der Waals surface area contributed by atoms with Crippen molar-refractivity contribution in [2.45, 2.75) is 48.0 Å². The summed E-state index contributed by atoms with van der Waals surface area (Å²) in [6.45, 7) is 1.18. The van der Waals surface area contributed by atoms with Crippen LogP contribution in [-0.4, -0.2) is 53.9 Å². The Morgan fingerprint density at radius 1 is 1.11 bits per heavy atom. The highest BCUT2D eigenvalue weighted by Crippen LogP contribution is 2.55. The molecule has 3 saturated carbocycles. The second-order valence-corrected chi connectivity index (χ2v) is 12.1. The van der Waals surface area contributed by atoms with Crippen LogP contribution in [0.25, 0.3) is 0 Å². The van der Waals surface area contributed by atoms with Crippen LogP contribution >= 0.6 is 11.6 Å². The minimum atomic E-state index is -4.06. The van der Waals surface area contributed by atoms with E-state index in [1.807, 2.05) is 0 Å². The molecule has 8 nitrogen and oxygen atoms in total. The fourth-order valence-electron chi connectivity index (χ4n) is 5.05. The number of hydrogen-bond donors (Lipinski definition) is 4. The zero-order valence-corrected chi connectivity index (χ0v) is 21.0. The quantitative estimate of drug-likeness (QED) is 0.385. The first-order chi connectivity index (χ1) is 17.2. The van der Waals surface area contributed by atoms with E-state index in [1.165, 1.54) is 19.1 Å². The molecular formula is C24H24ClF3N2O6S. The van der Waals surface area contributed by atoms with Crippen molar-refractivity contribution >= 4 is 38.9 Å². The summed E-state index contributed by atoms with van der Waals surface area (Å²) >= 11 is 6.17. The van der Waals surface area contributed by atoms with E-state index >= 15 is 0 Å². The van der Waals surface area contributed by atoms with Gasteiger partial charge in [0.05, 0.1) is 20.8 Å². The van der Waals surface area contributed by atoms with Crippen molar-refractivity contribution in [1.82, 2.24) is 5.32 Å². The summed E-state index contributed by atoms with van der Waals surface area (Å²) in [5, 5.41) is 24.0. The summed E-state index contributed by atoms with van der Waals surface area (Å²) in [4.78, 5) is 24.0. The second-order valence-electron chi connectivity index (χ2n) is 9.51. The van der Waals surface area contributed by atoms with Crippen LogP contribution < -0.4 is 10.6 Å². The Hall–Kier alpha value is -2.67. The molecule has 0 radical (unpaired) electrons. The molecule has 3 fully saturated rings. The first kappa shape index (κ1) is 27.4. The number of carbonyl (C=O) groups is 2. The Kier molecular flexibility index (Phi) is 7.32. The lowest BCUT2D eigenvalue weighted by molar-refractivity contribution is -0.175. The molecule has 3 atom stereocenters. The fourth-order valence-corrected chi connectivity index (χ4v) is 7.45. The molecule has 3 aliphatic rings. The molecule has 13 heteroatoms. The Balaban J connectivity index is 1.51. The Bertz CT molecular complexity index is 1340. The van der Waals surface area contributed by atoms with Crippen LogP contribution in [-0.2, 0) is 14.6 Å². The van der Waals surface area contributed by atoms with Gasteiger partial charge < -0.3 is 20.8 Å². The zero-order chi connectivity index (χ0) is 27.3. The SMILES string of the molecule is C[C@H](O)C(=O)NCC1(O)C2CC1CC(S(=O)(=O)c1cc(C(=O)Nc3cc(F)c(F)c(F)c3)ccc1Cl)C2. The number of anilines is 1. The van der Waals surface area contributed by atoms with Gasteiger partial charge in [-0.2, -0.15) is 0 Å². The molecule has 5 rings (SSSR count). The summed E-state index contributed by atoms with van der Waals surface area (Å²) in [7, 11) is -4.06. The summed E-state index contributed by atoms with van der Waals surface area (Å²) in [5.74, 6) is -7.06. The maximum atomic E-state index is 13.5. The maximum Gasteiger partial charge on any atom is 0.255 e. The minimum Gasteiger partial charge on any atom is -0.387 e. The average molecular weight is 561 g/mol. The van der Waals surface area contributed by atoms with E-state index in [4.69, 9.17) is 11.6 Å². The lowest BCUT2D eigenvalue weighted by Crippen LogP contribution is -2.66. The van der Waals surface area contributed by atoms with Crippen molar-refractivity contribution < 1.29 is 41.4 Å². The van der Waals surface area contributed by atoms with Crippen molar-refractivity contribution in [1.29, 1.82) is 0 Å². The molecule has 0 heterocycles. The van der Waals surface area contributed by atoms with Crippen LogP contribution in [0.1, 0.15) is 36.5 Å². The molecular weight excluding hydrogens is 537 g/mol. The highest BCUT2D eigenvalue weighted by molar-refractivity contribution is 7.92. The van der Waals surface area contributed by atoms with Crippen LogP contribution in [0.4, 0.5) is 18.9 Å². The van der Waals surface area contributed by atoms with Crippen LogP contribution in [0.5, 0.6) is 0 Å². The number of aliphatic hydroxyl groups excluding tert-OH is 1. The molecule has 4 N–H and O–H groups in total. The van der Waals surface area contributed by atoms with Gasteiger partial charge in [-0.1, -0.05) is 11.6 Å². The topological polar surface area (TPSA) is 133 Å². The van der Waals surface area contributed by atoms with Gasteiger partial charge in [-0.05, 0) is 56.2 Å². The van der Waals surface area contributed by atoms with Gasteiger partial charge in [0.25, 0.3) is 5.91 Å². The number of rotatable bonds is 7. The maximum absolute atomic E-state index is 13.5. The van der Waals surface area contributed by atoms with Gasteiger partial charge in [-0.25, -0.2) is 21.6 Å². The van der Waals surface area contributed by atoms with Crippen LogP contribution in [0, 0.1) is 29.3 Å². The molecule has 2 amide bonds. The zero-order valence-electron chi connectivity index (χ0n) is 19.5. The Labute approximate surface area is 215 Å². The van der Waals surface area contributed by atoms with E-state index < -0.39 is 67.9 Å². The molecule has 0 aliphatic heterocycles. The van der Waals surface area contributed by atoms with Crippen molar-refractivity contribution in [2.24, 2.45) is 11.8 Å². The smallest absolute Gasteiger partial charge is 0.255 e. The first-order valence-electron chi connectivity index (χ1n) is 11.4. The van der Waals surface area contributed by atoms with Crippen molar-refractivity contribution in [3.63, 3.8) is 0 Å². The van der Waals surface area contributed by atoms with E-state index in [-0.39, 0.29) is 40.6 Å². The van der Waals surface area contributed by atoms with Gasteiger partial charge in [-0.15, -0.1) is 0 Å². The molecule has 37 heavy (non-hydrogen) atoms. The van der Waals surface area contributed by atoms with E-state index in [0.29, 0.717) is 18.6 Å². The van der Waals surface area contributed by atoms with Crippen LogP contribution in [0.2, 0.25) is 5.02 Å². The molecule has 0 aromatic heterocycles. The minimum absolute atomic E-state index is 0.0980. The van der Waals surface area contributed by atoms with Crippen molar-refractivity contribution in [3.8, 4) is 0 Å². The van der Waals surface area contributed by atoms with E-state index in [9.17, 15) is 41.4 Å². The van der Waals surface area contributed by atoms with Crippen molar-refractivity contribution in [2.75, 3.05) is 11.9 Å². The lowest BCUT2D eigenvalue weighted by atomic mass is 9.53. The van der Waals surface area contributed by atoms with Crippen LogP contribution in [0.3, 0.4) is 0 Å². The highest BCUT2D eigenvalue weighted by atomic mass is 35.5. The summed E-state index contributed by atoms with van der Waals surface area (Å²) < 4.78 is 67.0. The van der Waals surface area contributed by atoms with Gasteiger partial charge in [0, 0.05) is 29.9 Å². The predicted molar refractivity (Wildman–Crippen MR) is 127 cm³/mol. The highest BCUT2D eigenvalue weighted by Gasteiger charge is 2.60. The van der Waals surface area contributed by atoms with E-state index in [0.717, 1.165) is 6.07 Å². The van der Waals surface area contributed by atoms with E-state index in [2.05, 4.69) is 10.6 Å². The second kappa shape index (κ2) is 9.90. The molecule has 200 valence electrons. The number of aliphatic hydroxyl groups is 2. The fraction of sp³-hybridized carbons (Fsp3) is 0.417. The molecule has 2 unspecified atom stereocenters. The van der Waals surface area contributed by atoms with Gasteiger partial charge >= 0.3 is 0 Å². The molecule has 2 bridgehead atoms. The summed E-state index contributed by atoms with van der Waals surface area (Å²) in [6.07, 6.45) is -0.473. The molecule has 0 spiro atoms. The van der Waals surface area contributed by atoms with Gasteiger partial charge in [0.2, 0.25) is 5.91 Å². The third-order valence-corrected chi connectivity index (χ3v) is 9.84. The number of fused-ring (bicyclic) bond motifs is 2. The third-order valence-electron chi connectivity index (χ3n) is 7.18. The number of hydrogen-bond acceptors (Lipinski definition) is 6. The lowest BCUT2D eigenvalue weighted by Gasteiger charge is -2.58. The molecule has 3 aliphatic carbocycles. The first-order valence-corrected chi connectivity index (χ1v) is 13.3. The standard InChI is InChI=1S/C24H24ClF3N2O6S/c1-11(31)22(32)29-10-24(34)13-5-14(24)7-16(6-13)37(35,36)20-4-12(2-3-17(20)25)23(33)30-15-8-18(26)21(28)19(27)9-15/h2-4,8-9,11,13-14,16,31,34H,5-7,10H2,1H3,(H,29,32)(H,30,33)/t11-,13?,14?,16?,24?/m0/s1. The largest absolute Gasteiger partial charge is 0.387 e. The molecule has 2 aromatic rings. The Morgan fingerprint density at radius 2 is 1.70 bits per heavy atom. The number of sulfone groups is 1. The van der Waals surface area contributed by atoms with E-state index in [1.54, 1.807) is 0 Å². The van der Waals surface area contributed by atoms with Gasteiger partial charge in [0.1, 0.15) is 6.10 Å². The Morgan fingerprint density at radius 3 is 2.27 bits per heavy atom. The number of benzene rings is 2. The monoisotopic (exact) mass is 560 g/mol. The number of nitrogens with one attached hydrogen (secondary N) is 2. The number of carbonyl (C=O) groups excluding carboxylic acids is 2. The average Bonchev–Trinajstić information content (AvgIpc) is 2.85. The molecule has 2 aromatic carbocycles. The van der Waals surface area contributed by atoms with Gasteiger partial charge in [-0.3, -0.25) is 9.59 Å². The normalized spacial score (nSPS) is 25.6. The summed E-state index contributed by atoms with van der Waals surface area (Å²) in [6, 6.07) is 4.67. The number of halogens is 4. The predicted octanol–water partition coefficient (Wildman–Crippen LogP) is 2.81.